The van der Waals surface area contributed by atoms with Crippen LogP contribution in [0.2, 0.25) is 0 Å². The Labute approximate surface area is 183 Å². The molecule has 1 heterocycles. The third-order valence-corrected chi connectivity index (χ3v) is 6.30. The van der Waals surface area contributed by atoms with Gasteiger partial charge in [-0.3, -0.25) is 0 Å². The summed E-state index contributed by atoms with van der Waals surface area (Å²) in [6.45, 7) is 2.14. The summed E-state index contributed by atoms with van der Waals surface area (Å²) in [6, 6.07) is 10.3. The minimum Gasteiger partial charge on any atom is -0.388 e. The number of rotatable bonds is 10. The molecule has 0 unspecified atom stereocenters. The van der Waals surface area contributed by atoms with E-state index in [0.29, 0.717) is 30.0 Å². The molecule has 1 aromatic heterocycles. The number of benzene rings is 1. The van der Waals surface area contributed by atoms with E-state index in [1.165, 1.54) is 6.20 Å². The van der Waals surface area contributed by atoms with Crippen LogP contribution in [0.15, 0.2) is 36.5 Å². The number of aliphatic hydroxyl groups is 1. The van der Waals surface area contributed by atoms with Gasteiger partial charge in [0.25, 0.3) is 0 Å². The quantitative estimate of drug-likeness (QED) is 0.432. The van der Waals surface area contributed by atoms with Gasteiger partial charge in [0, 0.05) is 43.5 Å². The summed E-state index contributed by atoms with van der Waals surface area (Å²) in [5.74, 6) is 0.368. The number of hydrogen-bond acceptors (Lipinski definition) is 6. The van der Waals surface area contributed by atoms with E-state index < -0.39 is 5.60 Å². The van der Waals surface area contributed by atoms with Crippen LogP contribution in [0.25, 0.3) is 11.1 Å². The highest BCUT2D eigenvalue weighted by molar-refractivity contribution is 5.70. The monoisotopic (exact) mass is 428 g/mol. The average molecular weight is 429 g/mol. The van der Waals surface area contributed by atoms with Gasteiger partial charge in [0.2, 0.25) is 0 Å². The van der Waals surface area contributed by atoms with Crippen LogP contribution >= 0.6 is 0 Å². The minimum atomic E-state index is -0.576. The summed E-state index contributed by atoms with van der Waals surface area (Å²) < 4.78 is 19.7. The molecule has 168 valence electrons. The Morgan fingerprint density at radius 2 is 1.94 bits per heavy atom. The first-order chi connectivity index (χ1) is 15.0. The molecule has 2 aromatic rings. The third-order valence-electron chi connectivity index (χ3n) is 6.30. The second-order valence-corrected chi connectivity index (χ2v) is 8.85. The molecule has 0 saturated heterocycles. The maximum atomic E-state index is 14.6. The number of hydrogen-bond donors (Lipinski definition) is 4. The smallest absolute Gasteiger partial charge is 0.149 e. The standard InChI is InChI=1S/C24H33FN4O2/c1-31-12-11-26-18-5-7-19(8-6-18)29-23-14-21(22(25)15-27-23)17-3-2-4-20(13-17)28-16-24(30)9-10-24/h2-4,13-15,18-19,26,28,30H,5-12,16H2,1H3,(H,27,29). The molecule has 0 aliphatic heterocycles. The van der Waals surface area contributed by atoms with Crippen molar-refractivity contribution in [2.45, 2.75) is 56.2 Å². The Hall–Kier alpha value is -2.22. The fraction of sp³-hybridized carbons (Fsp3) is 0.542. The van der Waals surface area contributed by atoms with Gasteiger partial charge in [-0.15, -0.1) is 0 Å². The van der Waals surface area contributed by atoms with Gasteiger partial charge in [-0.05, 0) is 62.3 Å². The maximum absolute atomic E-state index is 14.6. The lowest BCUT2D eigenvalue weighted by Crippen LogP contribution is -2.38. The molecule has 7 heteroatoms. The van der Waals surface area contributed by atoms with Gasteiger partial charge in [0.1, 0.15) is 11.6 Å². The normalized spacial score (nSPS) is 22.2. The SMILES string of the molecule is COCCNC1CCC(Nc2cc(-c3cccc(NCC4(O)CC4)c3)c(F)cn2)CC1. The minimum absolute atomic E-state index is 0.338. The number of pyridine rings is 1. The van der Waals surface area contributed by atoms with Crippen molar-refractivity contribution in [3.8, 4) is 11.1 Å². The van der Waals surface area contributed by atoms with Gasteiger partial charge in [0.15, 0.2) is 0 Å². The summed E-state index contributed by atoms with van der Waals surface area (Å²) in [7, 11) is 1.72. The first kappa shape index (κ1) is 22.0. The van der Waals surface area contributed by atoms with Crippen molar-refractivity contribution in [3.63, 3.8) is 0 Å². The number of methoxy groups -OCH3 is 1. The van der Waals surface area contributed by atoms with E-state index in [4.69, 9.17) is 4.74 Å². The van der Waals surface area contributed by atoms with E-state index in [1.807, 2.05) is 24.3 Å². The molecule has 31 heavy (non-hydrogen) atoms. The highest BCUT2D eigenvalue weighted by Crippen LogP contribution is 2.35. The molecule has 2 aliphatic rings. The number of nitrogens with one attached hydrogen (secondary N) is 3. The zero-order chi connectivity index (χ0) is 21.7. The Kier molecular flexibility index (Phi) is 7.05. The molecule has 6 nitrogen and oxygen atoms in total. The van der Waals surface area contributed by atoms with Crippen LogP contribution in [0.3, 0.4) is 0 Å². The van der Waals surface area contributed by atoms with Gasteiger partial charge in [-0.1, -0.05) is 12.1 Å². The van der Waals surface area contributed by atoms with Gasteiger partial charge in [-0.25, -0.2) is 9.37 Å². The van der Waals surface area contributed by atoms with Crippen LogP contribution in [-0.4, -0.2) is 54.6 Å². The van der Waals surface area contributed by atoms with Crippen LogP contribution < -0.4 is 16.0 Å². The number of halogens is 1. The van der Waals surface area contributed by atoms with Crippen molar-refractivity contribution in [2.75, 3.05) is 37.4 Å². The molecule has 2 aliphatic carbocycles. The molecule has 2 saturated carbocycles. The van der Waals surface area contributed by atoms with E-state index in [9.17, 15) is 9.50 Å². The van der Waals surface area contributed by atoms with Crippen molar-refractivity contribution in [3.05, 3.63) is 42.3 Å². The van der Waals surface area contributed by atoms with E-state index in [0.717, 1.165) is 62.9 Å². The van der Waals surface area contributed by atoms with E-state index in [1.54, 1.807) is 13.2 Å². The lowest BCUT2D eigenvalue weighted by Gasteiger charge is -2.30. The van der Waals surface area contributed by atoms with Crippen LogP contribution in [0, 0.1) is 5.82 Å². The molecule has 2 fully saturated rings. The first-order valence-corrected chi connectivity index (χ1v) is 11.3. The molecular formula is C24H33FN4O2. The summed E-state index contributed by atoms with van der Waals surface area (Å²) in [6.07, 6.45) is 7.29. The van der Waals surface area contributed by atoms with E-state index in [-0.39, 0.29) is 5.82 Å². The van der Waals surface area contributed by atoms with Gasteiger partial charge in [-0.2, -0.15) is 0 Å². The predicted octanol–water partition coefficient (Wildman–Crippen LogP) is 3.78. The van der Waals surface area contributed by atoms with Crippen LogP contribution in [0.5, 0.6) is 0 Å². The fourth-order valence-corrected chi connectivity index (χ4v) is 4.14. The van der Waals surface area contributed by atoms with Crippen molar-refractivity contribution in [1.29, 1.82) is 0 Å². The predicted molar refractivity (Wildman–Crippen MR) is 122 cm³/mol. The van der Waals surface area contributed by atoms with Gasteiger partial charge in [0.05, 0.1) is 18.4 Å². The fourth-order valence-electron chi connectivity index (χ4n) is 4.14. The molecular weight excluding hydrogens is 395 g/mol. The van der Waals surface area contributed by atoms with Gasteiger partial charge < -0.3 is 25.8 Å². The third kappa shape index (κ3) is 6.15. The van der Waals surface area contributed by atoms with Gasteiger partial charge >= 0.3 is 0 Å². The van der Waals surface area contributed by atoms with Crippen LogP contribution in [0.4, 0.5) is 15.9 Å². The molecule has 0 amide bonds. The van der Waals surface area contributed by atoms with Crippen molar-refractivity contribution < 1.29 is 14.2 Å². The number of nitrogens with zero attached hydrogens (tertiary/aromatic N) is 1. The molecule has 0 atom stereocenters. The second-order valence-electron chi connectivity index (χ2n) is 8.85. The van der Waals surface area contributed by atoms with E-state index >= 15 is 0 Å². The zero-order valence-corrected chi connectivity index (χ0v) is 18.2. The van der Waals surface area contributed by atoms with Crippen LogP contribution in [-0.2, 0) is 4.74 Å². The van der Waals surface area contributed by atoms with E-state index in [2.05, 4.69) is 20.9 Å². The lowest BCUT2D eigenvalue weighted by molar-refractivity contribution is 0.164. The molecule has 0 spiro atoms. The molecule has 4 rings (SSSR count). The summed E-state index contributed by atoms with van der Waals surface area (Å²) >= 11 is 0. The largest absolute Gasteiger partial charge is 0.388 e. The molecule has 0 bridgehead atoms. The molecule has 1 aromatic carbocycles. The van der Waals surface area contributed by atoms with Crippen molar-refractivity contribution >= 4 is 11.5 Å². The highest BCUT2D eigenvalue weighted by atomic mass is 19.1. The first-order valence-electron chi connectivity index (χ1n) is 11.3. The summed E-state index contributed by atoms with van der Waals surface area (Å²) in [5, 5.41) is 20.3. The van der Waals surface area contributed by atoms with Crippen molar-refractivity contribution in [1.82, 2.24) is 10.3 Å². The number of aromatic nitrogens is 1. The maximum Gasteiger partial charge on any atom is 0.149 e. The topological polar surface area (TPSA) is 78.4 Å². The summed E-state index contributed by atoms with van der Waals surface area (Å²) in [4.78, 5) is 4.27. The lowest BCUT2D eigenvalue weighted by atomic mass is 9.91. The van der Waals surface area contributed by atoms with Crippen molar-refractivity contribution in [2.24, 2.45) is 0 Å². The molecule has 0 radical (unpaired) electrons. The van der Waals surface area contributed by atoms with Crippen LogP contribution in [0.1, 0.15) is 38.5 Å². The molecule has 4 N–H and O–H groups in total. The highest BCUT2D eigenvalue weighted by Gasteiger charge is 2.39. The number of ether oxygens (including phenoxy) is 1. The Bertz CT molecular complexity index is 866. The average Bonchev–Trinajstić information content (AvgIpc) is 3.53. The Morgan fingerprint density at radius 3 is 2.68 bits per heavy atom. The second kappa shape index (κ2) is 9.94. The Balaban J connectivity index is 1.36. The Morgan fingerprint density at radius 1 is 1.16 bits per heavy atom. The zero-order valence-electron chi connectivity index (χ0n) is 18.2. The summed E-state index contributed by atoms with van der Waals surface area (Å²) in [5.41, 5.74) is 1.62. The number of anilines is 2.